The van der Waals surface area contributed by atoms with Gasteiger partial charge in [0.2, 0.25) is 5.91 Å². The van der Waals surface area contributed by atoms with Crippen LogP contribution in [0.1, 0.15) is 52.0 Å². The van der Waals surface area contributed by atoms with Crippen LogP contribution in [0.2, 0.25) is 0 Å². The van der Waals surface area contributed by atoms with Gasteiger partial charge in [0, 0.05) is 51.7 Å². The molecule has 2 fully saturated rings. The number of carbonyl (C=O) groups is 2. The second-order valence-electron chi connectivity index (χ2n) is 12.4. The Balaban J connectivity index is 1.28. The van der Waals surface area contributed by atoms with Gasteiger partial charge in [0.15, 0.2) is 0 Å². The van der Waals surface area contributed by atoms with Crippen LogP contribution in [-0.4, -0.2) is 54.8 Å². The Hall–Kier alpha value is -3.98. The van der Waals surface area contributed by atoms with Crippen molar-refractivity contribution in [2.45, 2.75) is 45.3 Å². The van der Waals surface area contributed by atoms with E-state index in [9.17, 15) is 9.59 Å². The summed E-state index contributed by atoms with van der Waals surface area (Å²) < 4.78 is 0. The SMILES string of the molecule is CN1CCN(c2ccc(-c3cccc(CN(Cc4cccc(CN)c4)C(=O)c4cccs4)c3)cc2NC(=O)C2CCCC2)CC1. The topological polar surface area (TPSA) is 81.9 Å². The molecule has 0 spiro atoms. The zero-order valence-electron chi connectivity index (χ0n) is 26.1. The fraction of sp³-hybridized carbons (Fsp3) is 0.351. The molecule has 1 saturated carbocycles. The number of likely N-dealkylation sites (N-methyl/N-ethyl adjacent to an activating group) is 1. The summed E-state index contributed by atoms with van der Waals surface area (Å²) >= 11 is 1.46. The molecule has 1 aliphatic heterocycles. The zero-order valence-corrected chi connectivity index (χ0v) is 26.9. The van der Waals surface area contributed by atoms with Crippen molar-refractivity contribution in [1.29, 1.82) is 0 Å². The fourth-order valence-electron chi connectivity index (χ4n) is 6.46. The van der Waals surface area contributed by atoms with Crippen molar-refractivity contribution in [1.82, 2.24) is 9.80 Å². The van der Waals surface area contributed by atoms with Gasteiger partial charge >= 0.3 is 0 Å². The van der Waals surface area contributed by atoms with E-state index in [1.165, 1.54) is 11.3 Å². The van der Waals surface area contributed by atoms with Crippen molar-refractivity contribution in [2.75, 3.05) is 43.4 Å². The molecule has 3 aromatic carbocycles. The van der Waals surface area contributed by atoms with Crippen LogP contribution in [0.3, 0.4) is 0 Å². The second-order valence-corrected chi connectivity index (χ2v) is 13.3. The number of hydrogen-bond acceptors (Lipinski definition) is 6. The summed E-state index contributed by atoms with van der Waals surface area (Å²) in [4.78, 5) is 34.3. The van der Waals surface area contributed by atoms with Gasteiger partial charge in [0.25, 0.3) is 5.91 Å². The maximum atomic E-state index is 13.7. The molecule has 2 aliphatic rings. The van der Waals surface area contributed by atoms with E-state index in [4.69, 9.17) is 5.73 Å². The molecule has 1 saturated heterocycles. The number of hydrogen-bond donors (Lipinski definition) is 2. The summed E-state index contributed by atoms with van der Waals surface area (Å²) in [5, 5.41) is 5.27. The number of thiophene rings is 1. The van der Waals surface area contributed by atoms with Gasteiger partial charge in [-0.25, -0.2) is 0 Å². The number of nitrogens with one attached hydrogen (secondary N) is 1. The third kappa shape index (κ3) is 7.64. The van der Waals surface area contributed by atoms with Crippen molar-refractivity contribution in [3.8, 4) is 11.1 Å². The normalized spacial score (nSPS) is 15.7. The Labute approximate surface area is 270 Å². The summed E-state index contributed by atoms with van der Waals surface area (Å²) in [5.41, 5.74) is 13.1. The summed E-state index contributed by atoms with van der Waals surface area (Å²) in [5.74, 6) is 0.243. The minimum atomic E-state index is 0.0157. The Morgan fingerprint density at radius 3 is 2.24 bits per heavy atom. The molecule has 2 heterocycles. The average molecular weight is 622 g/mol. The van der Waals surface area contributed by atoms with E-state index in [-0.39, 0.29) is 17.7 Å². The first kappa shape index (κ1) is 31.0. The number of amides is 2. The second kappa shape index (κ2) is 14.4. The van der Waals surface area contributed by atoms with Crippen molar-refractivity contribution in [2.24, 2.45) is 11.7 Å². The van der Waals surface area contributed by atoms with E-state index in [2.05, 4.69) is 70.7 Å². The van der Waals surface area contributed by atoms with E-state index in [0.29, 0.717) is 19.6 Å². The van der Waals surface area contributed by atoms with Crippen LogP contribution >= 0.6 is 11.3 Å². The monoisotopic (exact) mass is 621 g/mol. The van der Waals surface area contributed by atoms with Crippen LogP contribution in [0.15, 0.2) is 84.2 Å². The van der Waals surface area contributed by atoms with Crippen LogP contribution in [0, 0.1) is 5.92 Å². The van der Waals surface area contributed by atoms with Crippen LogP contribution in [0.4, 0.5) is 11.4 Å². The minimum Gasteiger partial charge on any atom is -0.367 e. The molecule has 0 atom stereocenters. The molecule has 6 rings (SSSR count). The number of carbonyl (C=O) groups excluding carboxylic acids is 2. The molecule has 4 aromatic rings. The van der Waals surface area contributed by atoms with Gasteiger partial charge in [0.05, 0.1) is 16.3 Å². The first-order valence-electron chi connectivity index (χ1n) is 16.1. The maximum absolute atomic E-state index is 13.7. The Kier molecular flexibility index (Phi) is 9.94. The van der Waals surface area contributed by atoms with Crippen LogP contribution in [-0.2, 0) is 24.4 Å². The summed E-state index contributed by atoms with van der Waals surface area (Å²) in [7, 11) is 2.16. The number of nitrogens with zero attached hydrogens (tertiary/aromatic N) is 3. The molecule has 0 unspecified atom stereocenters. The van der Waals surface area contributed by atoms with Gasteiger partial charge in [-0.2, -0.15) is 0 Å². The van der Waals surface area contributed by atoms with Crippen molar-refractivity contribution in [3.05, 3.63) is 106 Å². The van der Waals surface area contributed by atoms with E-state index < -0.39 is 0 Å². The smallest absolute Gasteiger partial charge is 0.264 e. The van der Waals surface area contributed by atoms with Gasteiger partial charge in [-0.15, -0.1) is 11.3 Å². The molecule has 1 aromatic heterocycles. The first-order chi connectivity index (χ1) is 22.0. The number of nitrogens with two attached hydrogens (primary N) is 1. The predicted molar refractivity (Wildman–Crippen MR) is 184 cm³/mol. The number of piperazine rings is 1. The van der Waals surface area contributed by atoms with Crippen LogP contribution in [0.5, 0.6) is 0 Å². The van der Waals surface area contributed by atoms with E-state index in [0.717, 1.165) is 95.9 Å². The van der Waals surface area contributed by atoms with Crippen LogP contribution in [0.25, 0.3) is 11.1 Å². The largest absolute Gasteiger partial charge is 0.367 e. The highest BCUT2D eigenvalue weighted by atomic mass is 32.1. The quantitative estimate of drug-likeness (QED) is 0.209. The van der Waals surface area contributed by atoms with Gasteiger partial charge in [-0.05, 0) is 77.4 Å². The third-order valence-electron chi connectivity index (χ3n) is 9.08. The summed E-state index contributed by atoms with van der Waals surface area (Å²) in [6, 6.07) is 26.8. The van der Waals surface area contributed by atoms with Crippen LogP contribution < -0.4 is 16.0 Å². The van der Waals surface area contributed by atoms with Gasteiger partial charge in [-0.1, -0.05) is 67.4 Å². The lowest BCUT2D eigenvalue weighted by atomic mass is 10.0. The Morgan fingerprint density at radius 2 is 1.53 bits per heavy atom. The van der Waals surface area contributed by atoms with Gasteiger partial charge in [-0.3, -0.25) is 9.59 Å². The fourth-order valence-corrected chi connectivity index (χ4v) is 7.15. The highest BCUT2D eigenvalue weighted by Crippen LogP contribution is 2.35. The molecule has 234 valence electrons. The molecular formula is C37H43N5O2S. The molecule has 45 heavy (non-hydrogen) atoms. The number of benzene rings is 3. The molecular weight excluding hydrogens is 579 g/mol. The van der Waals surface area contributed by atoms with Gasteiger partial charge in [0.1, 0.15) is 0 Å². The lowest BCUT2D eigenvalue weighted by molar-refractivity contribution is -0.119. The van der Waals surface area contributed by atoms with Crippen molar-refractivity contribution < 1.29 is 9.59 Å². The Morgan fingerprint density at radius 1 is 0.844 bits per heavy atom. The lowest BCUT2D eigenvalue weighted by Gasteiger charge is -2.35. The zero-order chi connectivity index (χ0) is 31.2. The molecule has 3 N–H and O–H groups in total. The third-order valence-corrected chi connectivity index (χ3v) is 9.94. The summed E-state index contributed by atoms with van der Waals surface area (Å²) in [6.45, 7) is 5.28. The highest BCUT2D eigenvalue weighted by Gasteiger charge is 2.25. The van der Waals surface area contributed by atoms with Crippen molar-refractivity contribution in [3.63, 3.8) is 0 Å². The van der Waals surface area contributed by atoms with E-state index in [1.54, 1.807) is 0 Å². The van der Waals surface area contributed by atoms with Gasteiger partial charge < -0.3 is 25.8 Å². The maximum Gasteiger partial charge on any atom is 0.264 e. The van der Waals surface area contributed by atoms with E-state index >= 15 is 0 Å². The molecule has 0 radical (unpaired) electrons. The molecule has 7 nitrogen and oxygen atoms in total. The summed E-state index contributed by atoms with van der Waals surface area (Å²) in [6.07, 6.45) is 4.19. The van der Waals surface area contributed by atoms with Crippen molar-refractivity contribution >= 4 is 34.5 Å². The Bertz CT molecular complexity index is 1610. The molecule has 1 aliphatic carbocycles. The minimum absolute atomic E-state index is 0.0157. The lowest BCUT2D eigenvalue weighted by Crippen LogP contribution is -2.44. The standard InChI is InChI=1S/C37H43N5O2S/c1-40-16-18-41(19-17-40)34-15-14-32(23-33(34)39-36(43)30-10-2-3-11-30)31-12-5-9-29(22-31)26-42(37(44)35-13-6-20-45-35)25-28-8-4-7-27(21-28)24-38/h4-9,12-15,20-23,30H,2-3,10-11,16-19,24-26,38H2,1H3,(H,39,43). The molecule has 2 amide bonds. The highest BCUT2D eigenvalue weighted by molar-refractivity contribution is 7.12. The number of rotatable bonds is 10. The first-order valence-corrected chi connectivity index (χ1v) is 16.9. The molecule has 8 heteroatoms. The van der Waals surface area contributed by atoms with E-state index in [1.807, 2.05) is 40.6 Å². The molecule has 0 bridgehead atoms. The number of anilines is 2. The predicted octanol–water partition coefficient (Wildman–Crippen LogP) is 6.60. The average Bonchev–Trinajstić information content (AvgIpc) is 3.81.